The quantitative estimate of drug-likeness (QED) is 0.220. The Morgan fingerprint density at radius 2 is 2.00 bits per heavy atom. The highest BCUT2D eigenvalue weighted by Gasteiger charge is 2.62. The molecule has 4 aliphatic carbocycles. The molecule has 0 aliphatic heterocycles. The SMILES string of the molecule is CC(C)OC[C@]12CC[C@@H](O)C[C@H]1CC[C@H]1[C@@H]3CC[C@H](C(=O)CN=NNC=N)[C@@]3(C)CC[C@@H]12. The van der Waals surface area contributed by atoms with E-state index in [0.29, 0.717) is 23.7 Å². The van der Waals surface area contributed by atoms with Crippen molar-refractivity contribution in [1.82, 2.24) is 5.43 Å². The van der Waals surface area contributed by atoms with Crippen LogP contribution in [-0.4, -0.2) is 42.6 Å². The van der Waals surface area contributed by atoms with Gasteiger partial charge in [0.15, 0.2) is 5.78 Å². The lowest BCUT2D eigenvalue weighted by Gasteiger charge is -2.61. The van der Waals surface area contributed by atoms with E-state index in [9.17, 15) is 9.90 Å². The summed E-state index contributed by atoms with van der Waals surface area (Å²) in [6.07, 6.45) is 10.8. The van der Waals surface area contributed by atoms with E-state index in [1.54, 1.807) is 0 Å². The van der Waals surface area contributed by atoms with Crippen LogP contribution in [0.3, 0.4) is 0 Å². The average molecular weight is 447 g/mol. The lowest BCUT2D eigenvalue weighted by Crippen LogP contribution is -2.57. The second kappa shape index (κ2) is 9.49. The van der Waals surface area contributed by atoms with E-state index >= 15 is 0 Å². The van der Waals surface area contributed by atoms with Gasteiger partial charge < -0.3 is 9.84 Å². The van der Waals surface area contributed by atoms with E-state index in [4.69, 9.17) is 10.1 Å². The minimum absolute atomic E-state index is 0.0594. The van der Waals surface area contributed by atoms with Crippen molar-refractivity contribution in [1.29, 1.82) is 5.41 Å². The highest BCUT2D eigenvalue weighted by Crippen LogP contribution is 2.67. The number of aliphatic hydroxyl groups is 1. The van der Waals surface area contributed by atoms with Crippen LogP contribution in [0.2, 0.25) is 0 Å². The standard InChI is InChI=1S/C25H42N4O3/c1-16(2)32-14-25-11-8-18(30)12-17(25)4-5-19-20-6-7-22(23(31)13-27-29-28-15-26)24(20,3)10-9-21(19)25/h15-22,30H,4-14H2,1-3H3,(H2,26,27,28)/t17-,18-,19+,20+,21+,22-,24+,25-/m1/s1. The number of fused-ring (bicyclic) bond motifs is 5. The van der Waals surface area contributed by atoms with Crippen molar-refractivity contribution in [3.8, 4) is 0 Å². The molecule has 4 rings (SSSR count). The molecule has 180 valence electrons. The van der Waals surface area contributed by atoms with Gasteiger partial charge in [0.25, 0.3) is 0 Å². The monoisotopic (exact) mass is 446 g/mol. The first-order chi connectivity index (χ1) is 15.3. The first-order valence-electron chi connectivity index (χ1n) is 12.7. The zero-order valence-corrected chi connectivity index (χ0v) is 20.1. The summed E-state index contributed by atoms with van der Waals surface area (Å²) in [6, 6.07) is 0. The molecule has 3 N–H and O–H groups in total. The van der Waals surface area contributed by atoms with Crippen molar-refractivity contribution >= 4 is 12.1 Å². The number of nitrogens with zero attached hydrogens (tertiary/aromatic N) is 2. The van der Waals surface area contributed by atoms with E-state index in [1.165, 1.54) is 19.3 Å². The normalized spacial score (nSPS) is 43.5. The summed E-state index contributed by atoms with van der Waals surface area (Å²) in [5, 5.41) is 25.0. The lowest BCUT2D eigenvalue weighted by molar-refractivity contribution is -0.169. The summed E-state index contributed by atoms with van der Waals surface area (Å²) in [6.45, 7) is 7.56. The summed E-state index contributed by atoms with van der Waals surface area (Å²) < 4.78 is 6.31. The Hall–Kier alpha value is -1.34. The van der Waals surface area contributed by atoms with Gasteiger partial charge in [0, 0.05) is 5.92 Å². The number of hydrogen-bond acceptors (Lipinski definition) is 6. The highest BCUT2D eigenvalue weighted by atomic mass is 16.5. The first kappa shape index (κ1) is 23.8. The molecule has 0 unspecified atom stereocenters. The molecule has 0 bridgehead atoms. The number of ether oxygens (including phenoxy) is 1. The van der Waals surface area contributed by atoms with Crippen LogP contribution in [0.25, 0.3) is 0 Å². The molecule has 4 aliphatic rings. The van der Waals surface area contributed by atoms with Crippen molar-refractivity contribution in [2.24, 2.45) is 50.8 Å². The molecule has 7 nitrogen and oxygen atoms in total. The van der Waals surface area contributed by atoms with Crippen LogP contribution in [0, 0.1) is 45.8 Å². The molecule has 0 saturated heterocycles. The van der Waals surface area contributed by atoms with E-state index < -0.39 is 0 Å². The number of nitrogens with one attached hydrogen (secondary N) is 2. The van der Waals surface area contributed by atoms with E-state index in [2.05, 4.69) is 36.5 Å². The van der Waals surface area contributed by atoms with E-state index in [0.717, 1.165) is 51.5 Å². The van der Waals surface area contributed by atoms with Crippen molar-refractivity contribution in [2.45, 2.75) is 90.8 Å². The van der Waals surface area contributed by atoms with Gasteiger partial charge in [-0.2, -0.15) is 5.11 Å². The van der Waals surface area contributed by atoms with Gasteiger partial charge in [-0.05, 0) is 106 Å². The largest absolute Gasteiger partial charge is 0.393 e. The molecule has 0 amide bonds. The van der Waals surface area contributed by atoms with E-state index in [-0.39, 0.29) is 41.3 Å². The Kier molecular flexibility index (Phi) is 7.06. The Morgan fingerprint density at radius 1 is 1.19 bits per heavy atom. The predicted octanol–water partition coefficient (Wildman–Crippen LogP) is 4.54. The molecule has 0 radical (unpaired) electrons. The van der Waals surface area contributed by atoms with Gasteiger partial charge in [0.1, 0.15) is 12.9 Å². The Bertz CT molecular complexity index is 728. The van der Waals surface area contributed by atoms with Gasteiger partial charge in [-0.1, -0.05) is 12.1 Å². The van der Waals surface area contributed by atoms with Gasteiger partial charge >= 0.3 is 0 Å². The molecular formula is C25H42N4O3. The summed E-state index contributed by atoms with van der Waals surface area (Å²) >= 11 is 0. The molecule has 7 heteroatoms. The second-order valence-corrected chi connectivity index (χ2v) is 11.5. The predicted molar refractivity (Wildman–Crippen MR) is 123 cm³/mol. The average Bonchev–Trinajstić information content (AvgIpc) is 3.12. The van der Waals surface area contributed by atoms with Crippen molar-refractivity contribution in [3.63, 3.8) is 0 Å². The molecule has 0 heterocycles. The maximum absolute atomic E-state index is 13.0. The minimum Gasteiger partial charge on any atom is -0.393 e. The molecule has 0 aromatic carbocycles. The van der Waals surface area contributed by atoms with Gasteiger partial charge in [-0.25, -0.2) is 0 Å². The minimum atomic E-state index is -0.151. The molecule has 0 aromatic rings. The van der Waals surface area contributed by atoms with E-state index in [1.807, 2.05) is 0 Å². The second-order valence-electron chi connectivity index (χ2n) is 11.5. The molecule has 0 spiro atoms. The summed E-state index contributed by atoms with van der Waals surface area (Å²) in [7, 11) is 0. The van der Waals surface area contributed by atoms with Crippen molar-refractivity contribution in [3.05, 3.63) is 0 Å². The van der Waals surface area contributed by atoms with Gasteiger partial charge in [-0.3, -0.25) is 15.6 Å². The number of rotatable bonds is 8. The molecule has 0 aromatic heterocycles. The number of Topliss-reactive ketones (excluding diaryl/α,β-unsaturated/α-hetero) is 1. The first-order valence-corrected chi connectivity index (χ1v) is 12.7. The van der Waals surface area contributed by atoms with Gasteiger partial charge in [-0.15, -0.1) is 0 Å². The zero-order valence-electron chi connectivity index (χ0n) is 20.1. The maximum atomic E-state index is 13.0. The fraction of sp³-hybridized carbons (Fsp3) is 0.920. The maximum Gasteiger partial charge on any atom is 0.159 e. The van der Waals surface area contributed by atoms with Crippen LogP contribution >= 0.6 is 0 Å². The molecular weight excluding hydrogens is 404 g/mol. The van der Waals surface area contributed by atoms with Gasteiger partial charge in [0.2, 0.25) is 0 Å². The van der Waals surface area contributed by atoms with Gasteiger partial charge in [0.05, 0.1) is 18.8 Å². The molecule has 4 fully saturated rings. The third-order valence-corrected chi connectivity index (χ3v) is 9.83. The van der Waals surface area contributed by atoms with Crippen LogP contribution < -0.4 is 5.43 Å². The summed E-state index contributed by atoms with van der Waals surface area (Å²) in [5.74, 6) is 2.75. The van der Waals surface area contributed by atoms with Crippen LogP contribution in [0.5, 0.6) is 0 Å². The summed E-state index contributed by atoms with van der Waals surface area (Å²) in [4.78, 5) is 13.0. The topological polar surface area (TPSA) is 107 Å². The fourth-order valence-electron chi connectivity index (χ4n) is 8.44. The summed E-state index contributed by atoms with van der Waals surface area (Å²) in [5.41, 5.74) is 2.63. The van der Waals surface area contributed by atoms with Crippen molar-refractivity contribution in [2.75, 3.05) is 13.2 Å². The number of aliphatic hydroxyl groups excluding tert-OH is 1. The lowest BCUT2D eigenvalue weighted by atomic mass is 9.44. The zero-order chi connectivity index (χ0) is 22.9. The Morgan fingerprint density at radius 3 is 2.75 bits per heavy atom. The third-order valence-electron chi connectivity index (χ3n) is 9.83. The fourth-order valence-corrected chi connectivity index (χ4v) is 8.44. The van der Waals surface area contributed by atoms with Crippen LogP contribution in [0.15, 0.2) is 10.3 Å². The Labute approximate surface area is 192 Å². The number of carbonyl (C=O) groups is 1. The third kappa shape index (κ3) is 4.15. The molecule has 4 saturated carbocycles. The van der Waals surface area contributed by atoms with Crippen molar-refractivity contribution < 1.29 is 14.6 Å². The van der Waals surface area contributed by atoms with Crippen LogP contribution in [-0.2, 0) is 9.53 Å². The smallest absolute Gasteiger partial charge is 0.159 e. The number of carbonyl (C=O) groups excluding carboxylic acids is 1. The van der Waals surface area contributed by atoms with Crippen LogP contribution in [0.1, 0.15) is 78.6 Å². The van der Waals surface area contributed by atoms with Crippen LogP contribution in [0.4, 0.5) is 0 Å². The Balaban J connectivity index is 1.53. The highest BCUT2D eigenvalue weighted by molar-refractivity contribution is 5.84. The number of ketones is 1. The molecule has 8 atom stereocenters. The molecule has 32 heavy (non-hydrogen) atoms. The number of hydrogen-bond donors (Lipinski definition) is 3.